The summed E-state index contributed by atoms with van der Waals surface area (Å²) in [4.78, 5) is 13.3. The first kappa shape index (κ1) is 21.2. The van der Waals surface area contributed by atoms with Gasteiger partial charge in [-0.15, -0.1) is 0 Å². The van der Waals surface area contributed by atoms with Crippen molar-refractivity contribution < 1.29 is 19.7 Å². The van der Waals surface area contributed by atoms with Crippen LogP contribution in [-0.2, 0) is 11.3 Å². The largest absolute Gasteiger partial charge is 0.508 e. The molecule has 8 heteroatoms. The number of hydrogen-bond donors (Lipinski definition) is 4. The summed E-state index contributed by atoms with van der Waals surface area (Å²) in [6, 6.07) is 9.05. The van der Waals surface area contributed by atoms with Crippen molar-refractivity contribution in [2.75, 3.05) is 18.6 Å². The standard InChI is InChI=1S/C22H26N4O4/c1-13(2)16-11-17(20(28)12-19(16)27)21(23)26(22(24)29)15-4-5-18-14(10-15)6-7-25(18)8-9-30-3/h4-7,10-13,23,27-28H,8-9H2,1-3H3,(H2,24,29). The van der Waals surface area contributed by atoms with E-state index in [2.05, 4.69) is 0 Å². The molecule has 0 radical (unpaired) electrons. The van der Waals surface area contributed by atoms with Crippen LogP contribution < -0.4 is 10.6 Å². The molecule has 3 aromatic rings. The Kier molecular flexibility index (Phi) is 5.98. The lowest BCUT2D eigenvalue weighted by Gasteiger charge is -2.23. The number of amides is 2. The van der Waals surface area contributed by atoms with Crippen molar-refractivity contribution >= 4 is 28.5 Å². The van der Waals surface area contributed by atoms with E-state index in [1.807, 2.05) is 36.7 Å². The number of nitrogens with two attached hydrogens (primary N) is 1. The molecule has 0 aliphatic rings. The zero-order valence-electron chi connectivity index (χ0n) is 17.2. The van der Waals surface area contributed by atoms with Crippen LogP contribution in [0.3, 0.4) is 0 Å². The fourth-order valence-electron chi connectivity index (χ4n) is 3.44. The fraction of sp³-hybridized carbons (Fsp3) is 0.273. The summed E-state index contributed by atoms with van der Waals surface area (Å²) >= 11 is 0. The fourth-order valence-corrected chi connectivity index (χ4v) is 3.44. The first-order valence-electron chi connectivity index (χ1n) is 9.56. The summed E-state index contributed by atoms with van der Waals surface area (Å²) in [6.07, 6.45) is 1.92. The van der Waals surface area contributed by atoms with Crippen molar-refractivity contribution in [3.63, 3.8) is 0 Å². The Morgan fingerprint density at radius 2 is 1.93 bits per heavy atom. The summed E-state index contributed by atoms with van der Waals surface area (Å²) < 4.78 is 7.16. The predicted molar refractivity (Wildman–Crippen MR) is 117 cm³/mol. The highest BCUT2D eigenvalue weighted by molar-refractivity contribution is 6.22. The molecule has 0 bridgehead atoms. The predicted octanol–water partition coefficient (Wildman–Crippen LogP) is 3.73. The molecule has 0 spiro atoms. The van der Waals surface area contributed by atoms with E-state index in [9.17, 15) is 15.0 Å². The number of benzene rings is 2. The maximum absolute atomic E-state index is 12.2. The van der Waals surface area contributed by atoms with E-state index < -0.39 is 6.03 Å². The molecule has 1 heterocycles. The van der Waals surface area contributed by atoms with Crippen molar-refractivity contribution in [2.24, 2.45) is 5.73 Å². The van der Waals surface area contributed by atoms with Gasteiger partial charge >= 0.3 is 6.03 Å². The van der Waals surface area contributed by atoms with Crippen molar-refractivity contribution in [1.29, 1.82) is 5.41 Å². The molecular formula is C22H26N4O4. The minimum Gasteiger partial charge on any atom is -0.508 e. The Morgan fingerprint density at radius 3 is 2.57 bits per heavy atom. The smallest absolute Gasteiger partial charge is 0.325 e. The van der Waals surface area contributed by atoms with Crippen LogP contribution in [0.5, 0.6) is 11.5 Å². The van der Waals surface area contributed by atoms with Gasteiger partial charge < -0.3 is 25.3 Å². The van der Waals surface area contributed by atoms with Gasteiger partial charge in [0.15, 0.2) is 0 Å². The molecule has 0 saturated carbocycles. The number of primary amides is 1. The number of nitrogens with zero attached hydrogens (tertiary/aromatic N) is 2. The maximum atomic E-state index is 12.2. The normalized spacial score (nSPS) is 11.2. The Balaban J connectivity index is 2.03. The number of carbonyl (C=O) groups excluding carboxylic acids is 1. The molecule has 0 fully saturated rings. The number of rotatable bonds is 6. The average Bonchev–Trinajstić information content (AvgIpc) is 3.08. The lowest BCUT2D eigenvalue weighted by atomic mass is 9.98. The Hall–Kier alpha value is -3.52. The van der Waals surface area contributed by atoms with Gasteiger partial charge in [0.2, 0.25) is 0 Å². The number of anilines is 1. The number of phenols is 2. The molecule has 2 amide bonds. The van der Waals surface area contributed by atoms with Crippen molar-refractivity contribution in [3.8, 4) is 11.5 Å². The topological polar surface area (TPSA) is 125 Å². The quantitative estimate of drug-likeness (QED) is 0.365. The zero-order valence-corrected chi connectivity index (χ0v) is 17.2. The third-order valence-electron chi connectivity index (χ3n) is 5.02. The minimum absolute atomic E-state index is 0.0395. The Labute approximate surface area is 174 Å². The molecular weight excluding hydrogens is 384 g/mol. The summed E-state index contributed by atoms with van der Waals surface area (Å²) in [5.41, 5.74) is 7.62. The molecule has 158 valence electrons. The van der Waals surface area contributed by atoms with Crippen molar-refractivity contribution in [2.45, 2.75) is 26.3 Å². The van der Waals surface area contributed by atoms with E-state index in [4.69, 9.17) is 15.9 Å². The molecule has 0 unspecified atom stereocenters. The average molecular weight is 410 g/mol. The van der Waals surface area contributed by atoms with E-state index in [-0.39, 0.29) is 28.8 Å². The number of ether oxygens (including phenoxy) is 1. The molecule has 0 aliphatic heterocycles. The van der Waals surface area contributed by atoms with Crippen LogP contribution in [0.2, 0.25) is 0 Å². The van der Waals surface area contributed by atoms with Gasteiger partial charge in [-0.05, 0) is 41.8 Å². The van der Waals surface area contributed by atoms with Crippen molar-refractivity contribution in [3.05, 3.63) is 53.7 Å². The van der Waals surface area contributed by atoms with Gasteiger partial charge in [0.1, 0.15) is 17.3 Å². The third kappa shape index (κ3) is 3.95. The highest BCUT2D eigenvalue weighted by atomic mass is 16.5. The molecule has 3 rings (SSSR count). The van der Waals surface area contributed by atoms with Crippen molar-refractivity contribution in [1.82, 2.24) is 4.57 Å². The number of aromatic nitrogens is 1. The molecule has 30 heavy (non-hydrogen) atoms. The SMILES string of the molecule is COCCn1ccc2cc(N(C(=N)c3cc(C(C)C)c(O)cc3O)C(N)=O)ccc21. The lowest BCUT2D eigenvalue weighted by molar-refractivity contribution is 0.188. The van der Waals surface area contributed by atoms with E-state index >= 15 is 0 Å². The van der Waals surface area contributed by atoms with E-state index in [1.165, 1.54) is 12.1 Å². The summed E-state index contributed by atoms with van der Waals surface area (Å²) in [7, 11) is 1.64. The van der Waals surface area contributed by atoms with Gasteiger partial charge in [0.05, 0.1) is 17.9 Å². The first-order valence-corrected chi connectivity index (χ1v) is 9.56. The number of hydrogen-bond acceptors (Lipinski definition) is 5. The summed E-state index contributed by atoms with van der Waals surface area (Å²) in [5, 5.41) is 29.8. The summed E-state index contributed by atoms with van der Waals surface area (Å²) in [5.74, 6) is -0.689. The molecule has 0 atom stereocenters. The van der Waals surface area contributed by atoms with Crippen LogP contribution in [0.15, 0.2) is 42.6 Å². The van der Waals surface area contributed by atoms with Crippen LogP contribution in [0, 0.1) is 5.41 Å². The van der Waals surface area contributed by atoms with Gasteiger partial charge in [-0.3, -0.25) is 5.41 Å². The number of carbonyl (C=O) groups is 1. The van der Waals surface area contributed by atoms with E-state index in [0.29, 0.717) is 24.4 Å². The second-order valence-electron chi connectivity index (χ2n) is 7.35. The monoisotopic (exact) mass is 410 g/mol. The van der Waals surface area contributed by atoms with E-state index in [1.54, 1.807) is 19.2 Å². The van der Waals surface area contributed by atoms with Crippen LogP contribution >= 0.6 is 0 Å². The Morgan fingerprint density at radius 1 is 1.20 bits per heavy atom. The maximum Gasteiger partial charge on any atom is 0.325 e. The number of methoxy groups -OCH3 is 1. The second-order valence-corrected chi connectivity index (χ2v) is 7.35. The molecule has 5 N–H and O–H groups in total. The number of fused-ring (bicyclic) bond motifs is 1. The van der Waals surface area contributed by atoms with E-state index in [0.717, 1.165) is 15.8 Å². The second kappa shape index (κ2) is 8.46. The first-order chi connectivity index (χ1) is 14.2. The molecule has 0 saturated heterocycles. The third-order valence-corrected chi connectivity index (χ3v) is 5.02. The molecule has 2 aromatic carbocycles. The number of nitrogens with one attached hydrogen (secondary N) is 1. The van der Waals surface area contributed by atoms with Gasteiger partial charge in [-0.2, -0.15) is 0 Å². The molecule has 0 aliphatic carbocycles. The minimum atomic E-state index is -0.850. The zero-order chi connectivity index (χ0) is 22.0. The number of urea groups is 1. The van der Waals surface area contributed by atoms with Gasteiger partial charge in [-0.25, -0.2) is 9.69 Å². The van der Waals surface area contributed by atoms with Crippen LogP contribution in [0.1, 0.15) is 30.9 Å². The molecule has 8 nitrogen and oxygen atoms in total. The highest BCUT2D eigenvalue weighted by Gasteiger charge is 2.24. The number of amidine groups is 1. The van der Waals surface area contributed by atoms with Crippen LogP contribution in [0.4, 0.5) is 10.5 Å². The number of phenolic OH excluding ortho intramolecular Hbond substituents is 2. The number of aromatic hydroxyl groups is 2. The lowest BCUT2D eigenvalue weighted by Crippen LogP contribution is -2.41. The Bertz CT molecular complexity index is 1100. The van der Waals surface area contributed by atoms with Gasteiger partial charge in [0, 0.05) is 36.8 Å². The van der Waals surface area contributed by atoms with Gasteiger partial charge in [0.25, 0.3) is 0 Å². The molecule has 1 aromatic heterocycles. The van der Waals surface area contributed by atoms with Crippen LogP contribution in [-0.4, -0.2) is 40.4 Å². The van der Waals surface area contributed by atoms with Gasteiger partial charge in [-0.1, -0.05) is 13.8 Å². The highest BCUT2D eigenvalue weighted by Crippen LogP contribution is 2.34. The van der Waals surface area contributed by atoms with Crippen LogP contribution in [0.25, 0.3) is 10.9 Å². The summed E-state index contributed by atoms with van der Waals surface area (Å²) in [6.45, 7) is 5.02.